The van der Waals surface area contributed by atoms with Gasteiger partial charge in [-0.1, -0.05) is 56.3 Å². The van der Waals surface area contributed by atoms with Gasteiger partial charge in [-0.05, 0) is 36.1 Å². The molecule has 0 fully saturated rings. The minimum Gasteiger partial charge on any atom is -0.345 e. The summed E-state index contributed by atoms with van der Waals surface area (Å²) < 4.78 is 0. The van der Waals surface area contributed by atoms with Crippen molar-refractivity contribution in [1.29, 1.82) is 0 Å². The first-order valence-electron chi connectivity index (χ1n) is 7.64. The van der Waals surface area contributed by atoms with Crippen LogP contribution in [0, 0.1) is 5.92 Å². The van der Waals surface area contributed by atoms with E-state index in [0.29, 0.717) is 12.1 Å². The summed E-state index contributed by atoms with van der Waals surface area (Å²) in [5.41, 5.74) is 8.32. The summed E-state index contributed by atoms with van der Waals surface area (Å²) in [4.78, 5) is 12.4. The second kappa shape index (κ2) is 6.75. The van der Waals surface area contributed by atoms with E-state index in [9.17, 15) is 4.79 Å². The maximum absolute atomic E-state index is 12.4. The zero-order chi connectivity index (χ0) is 16.2. The van der Waals surface area contributed by atoms with Gasteiger partial charge in [-0.3, -0.25) is 4.79 Å². The summed E-state index contributed by atoms with van der Waals surface area (Å²) in [5, 5.41) is 3.05. The number of nitrogens with two attached hydrogens (primary N) is 1. The molecule has 0 radical (unpaired) electrons. The number of hydrogen-bond acceptors (Lipinski definition) is 2. The number of benzene rings is 2. The summed E-state index contributed by atoms with van der Waals surface area (Å²) in [6.07, 6.45) is 0. The highest BCUT2D eigenvalue weighted by Gasteiger charge is 2.28. The Morgan fingerprint density at radius 3 is 2.09 bits per heavy atom. The van der Waals surface area contributed by atoms with Gasteiger partial charge in [0.2, 0.25) is 0 Å². The number of amides is 1. The van der Waals surface area contributed by atoms with E-state index in [4.69, 9.17) is 5.73 Å². The third-order valence-corrected chi connectivity index (χ3v) is 4.35. The summed E-state index contributed by atoms with van der Waals surface area (Å²) in [5.74, 6) is 0.186. The van der Waals surface area contributed by atoms with Gasteiger partial charge in [0.1, 0.15) is 0 Å². The van der Waals surface area contributed by atoms with Gasteiger partial charge in [-0.15, -0.1) is 0 Å². The van der Waals surface area contributed by atoms with E-state index in [1.807, 2.05) is 49.4 Å². The molecule has 1 unspecified atom stereocenters. The van der Waals surface area contributed by atoms with Crippen molar-refractivity contribution in [1.82, 2.24) is 5.32 Å². The van der Waals surface area contributed by atoms with Gasteiger partial charge in [0, 0.05) is 12.1 Å². The van der Waals surface area contributed by atoms with E-state index in [1.165, 1.54) is 0 Å². The highest BCUT2D eigenvalue weighted by Crippen LogP contribution is 2.20. The van der Waals surface area contributed by atoms with Gasteiger partial charge in [0.25, 0.3) is 5.91 Å². The number of rotatable bonds is 5. The maximum atomic E-state index is 12.4. The molecule has 22 heavy (non-hydrogen) atoms. The number of hydrogen-bond donors (Lipinski definition) is 2. The molecule has 1 amide bonds. The van der Waals surface area contributed by atoms with Gasteiger partial charge >= 0.3 is 0 Å². The fourth-order valence-electron chi connectivity index (χ4n) is 2.21. The molecule has 0 aliphatic heterocycles. The largest absolute Gasteiger partial charge is 0.345 e. The number of nitrogens with one attached hydrogen (secondary N) is 1. The molecular formula is C19H24N2O. The van der Waals surface area contributed by atoms with Crippen LogP contribution in [0.25, 0.3) is 11.1 Å². The molecule has 1 atom stereocenters. The molecule has 3 nitrogen and oxygen atoms in total. The van der Waals surface area contributed by atoms with Crippen LogP contribution in [-0.2, 0) is 0 Å². The molecule has 3 heteroatoms. The fraction of sp³-hybridized carbons (Fsp3) is 0.316. The van der Waals surface area contributed by atoms with Crippen LogP contribution in [-0.4, -0.2) is 18.0 Å². The van der Waals surface area contributed by atoms with Gasteiger partial charge in [0.05, 0.1) is 5.54 Å². The maximum Gasteiger partial charge on any atom is 0.251 e. The molecule has 0 heterocycles. The molecule has 0 saturated heterocycles. The zero-order valence-corrected chi connectivity index (χ0v) is 13.5. The Balaban J connectivity index is 2.15. The Labute approximate surface area is 132 Å². The minimum absolute atomic E-state index is 0.0822. The standard InChI is InChI=1S/C19H24N2O/c1-14(2)19(3,13-20)21-18(22)17-11-9-16(10-12-17)15-7-5-4-6-8-15/h4-12,14H,13,20H2,1-3H3,(H,21,22). The van der Waals surface area contributed by atoms with Crippen molar-refractivity contribution in [3.8, 4) is 11.1 Å². The molecule has 2 aromatic carbocycles. The topological polar surface area (TPSA) is 55.1 Å². The lowest BCUT2D eigenvalue weighted by Gasteiger charge is -2.33. The summed E-state index contributed by atoms with van der Waals surface area (Å²) in [6, 6.07) is 17.8. The molecule has 3 N–H and O–H groups in total. The monoisotopic (exact) mass is 296 g/mol. The third kappa shape index (κ3) is 3.55. The smallest absolute Gasteiger partial charge is 0.251 e. The van der Waals surface area contributed by atoms with Crippen molar-refractivity contribution in [2.75, 3.05) is 6.54 Å². The highest BCUT2D eigenvalue weighted by atomic mass is 16.1. The average molecular weight is 296 g/mol. The summed E-state index contributed by atoms with van der Waals surface area (Å²) >= 11 is 0. The third-order valence-electron chi connectivity index (χ3n) is 4.35. The SMILES string of the molecule is CC(C)C(C)(CN)NC(=O)c1ccc(-c2ccccc2)cc1. The number of carbonyl (C=O) groups is 1. The van der Waals surface area contributed by atoms with Gasteiger partial charge in [0.15, 0.2) is 0 Å². The van der Waals surface area contributed by atoms with Crippen LogP contribution in [0.5, 0.6) is 0 Å². The highest BCUT2D eigenvalue weighted by molar-refractivity contribution is 5.95. The van der Waals surface area contributed by atoms with Crippen LogP contribution in [0.15, 0.2) is 54.6 Å². The van der Waals surface area contributed by atoms with E-state index >= 15 is 0 Å². The quantitative estimate of drug-likeness (QED) is 0.888. The molecule has 0 saturated carbocycles. The van der Waals surface area contributed by atoms with Crippen LogP contribution in [0.3, 0.4) is 0 Å². The lowest BCUT2D eigenvalue weighted by atomic mass is 9.88. The van der Waals surface area contributed by atoms with Crippen LogP contribution in [0.2, 0.25) is 0 Å². The van der Waals surface area contributed by atoms with Crippen LogP contribution >= 0.6 is 0 Å². The molecule has 2 aromatic rings. The minimum atomic E-state index is -0.394. The number of carbonyl (C=O) groups excluding carboxylic acids is 1. The van der Waals surface area contributed by atoms with E-state index in [0.717, 1.165) is 11.1 Å². The molecule has 0 spiro atoms. The first-order chi connectivity index (χ1) is 10.5. The van der Waals surface area contributed by atoms with E-state index in [-0.39, 0.29) is 11.8 Å². The molecule has 0 aromatic heterocycles. The second-order valence-corrected chi connectivity index (χ2v) is 6.17. The van der Waals surface area contributed by atoms with E-state index in [2.05, 4.69) is 31.3 Å². The van der Waals surface area contributed by atoms with Crippen molar-refractivity contribution in [3.63, 3.8) is 0 Å². The normalized spacial score (nSPS) is 13.7. The second-order valence-electron chi connectivity index (χ2n) is 6.17. The molecule has 116 valence electrons. The first kappa shape index (κ1) is 16.2. The Kier molecular flexibility index (Phi) is 4.99. The molecular weight excluding hydrogens is 272 g/mol. The van der Waals surface area contributed by atoms with Crippen molar-refractivity contribution < 1.29 is 4.79 Å². The average Bonchev–Trinajstić information content (AvgIpc) is 2.55. The predicted molar refractivity (Wildman–Crippen MR) is 91.6 cm³/mol. The fourth-order valence-corrected chi connectivity index (χ4v) is 2.21. The van der Waals surface area contributed by atoms with Crippen molar-refractivity contribution in [3.05, 3.63) is 60.2 Å². The Morgan fingerprint density at radius 1 is 1.05 bits per heavy atom. The van der Waals surface area contributed by atoms with Crippen molar-refractivity contribution in [2.24, 2.45) is 11.7 Å². The first-order valence-corrected chi connectivity index (χ1v) is 7.64. The van der Waals surface area contributed by atoms with Crippen LogP contribution < -0.4 is 11.1 Å². The Hall–Kier alpha value is -2.13. The predicted octanol–water partition coefficient (Wildman–Crippen LogP) is 3.46. The van der Waals surface area contributed by atoms with Crippen molar-refractivity contribution >= 4 is 5.91 Å². The Morgan fingerprint density at radius 2 is 1.59 bits per heavy atom. The lowest BCUT2D eigenvalue weighted by Crippen LogP contribution is -2.55. The van der Waals surface area contributed by atoms with Crippen LogP contribution in [0.1, 0.15) is 31.1 Å². The van der Waals surface area contributed by atoms with E-state index in [1.54, 1.807) is 0 Å². The van der Waals surface area contributed by atoms with Gasteiger partial charge in [-0.2, -0.15) is 0 Å². The molecule has 0 bridgehead atoms. The summed E-state index contributed by atoms with van der Waals surface area (Å²) in [7, 11) is 0. The lowest BCUT2D eigenvalue weighted by molar-refractivity contribution is 0.0883. The molecule has 2 rings (SSSR count). The van der Waals surface area contributed by atoms with Gasteiger partial charge in [-0.25, -0.2) is 0 Å². The van der Waals surface area contributed by atoms with Crippen molar-refractivity contribution in [2.45, 2.75) is 26.3 Å². The van der Waals surface area contributed by atoms with Crippen LogP contribution in [0.4, 0.5) is 0 Å². The Bertz CT molecular complexity index is 620. The van der Waals surface area contributed by atoms with Gasteiger partial charge < -0.3 is 11.1 Å². The zero-order valence-electron chi connectivity index (χ0n) is 13.5. The molecule has 0 aliphatic rings. The molecule has 0 aliphatic carbocycles. The summed E-state index contributed by atoms with van der Waals surface area (Å²) in [6.45, 7) is 6.52. The van der Waals surface area contributed by atoms with E-state index < -0.39 is 5.54 Å².